The van der Waals surface area contributed by atoms with Gasteiger partial charge in [-0.3, -0.25) is 9.59 Å². The number of rotatable bonds is 5. The molecule has 2 heterocycles. The van der Waals surface area contributed by atoms with Gasteiger partial charge in [-0.1, -0.05) is 37.3 Å². The second-order valence-electron chi connectivity index (χ2n) is 9.06. The van der Waals surface area contributed by atoms with Crippen LogP contribution in [0.25, 0.3) is 0 Å². The van der Waals surface area contributed by atoms with Crippen LogP contribution >= 0.6 is 0 Å². The van der Waals surface area contributed by atoms with E-state index in [9.17, 15) is 9.59 Å². The molecular weight excluding hydrogens is 348 g/mol. The number of amides is 2. The minimum atomic E-state index is -0.711. The molecule has 4 rings (SSSR count). The summed E-state index contributed by atoms with van der Waals surface area (Å²) < 4.78 is 0. The van der Waals surface area contributed by atoms with E-state index >= 15 is 0 Å². The van der Waals surface area contributed by atoms with Crippen LogP contribution < -0.4 is 0 Å². The minimum absolute atomic E-state index is 0.121. The molecule has 4 heteroatoms. The van der Waals surface area contributed by atoms with Crippen LogP contribution in [0.15, 0.2) is 30.3 Å². The lowest BCUT2D eigenvalue weighted by atomic mass is 9.89. The second-order valence-corrected chi connectivity index (χ2v) is 9.06. The van der Waals surface area contributed by atoms with Crippen LogP contribution in [-0.4, -0.2) is 47.3 Å². The standard InChI is InChI=1S/C24H34N2O2/c1-2-21-10-6-7-15-26(21)23(28)24(13-14-24)22(27)25-16-11-20(12-17-25)18-19-8-4-3-5-9-19/h3-5,8-9,20-21H,2,6-7,10-18H2,1H3. The summed E-state index contributed by atoms with van der Waals surface area (Å²) in [6.07, 6.45) is 9.08. The molecule has 4 nitrogen and oxygen atoms in total. The second kappa shape index (κ2) is 8.26. The van der Waals surface area contributed by atoms with Gasteiger partial charge in [0, 0.05) is 25.7 Å². The van der Waals surface area contributed by atoms with Crippen molar-refractivity contribution in [3.05, 3.63) is 35.9 Å². The number of carbonyl (C=O) groups excluding carboxylic acids is 2. The fourth-order valence-corrected chi connectivity index (χ4v) is 5.20. The summed E-state index contributed by atoms with van der Waals surface area (Å²) in [4.78, 5) is 30.7. The summed E-state index contributed by atoms with van der Waals surface area (Å²) in [6, 6.07) is 11.0. The van der Waals surface area contributed by atoms with E-state index in [0.29, 0.717) is 12.0 Å². The number of hydrogen-bond donors (Lipinski definition) is 0. The Balaban J connectivity index is 1.35. The van der Waals surface area contributed by atoms with Gasteiger partial charge in [-0.15, -0.1) is 0 Å². The lowest BCUT2D eigenvalue weighted by Gasteiger charge is -2.39. The van der Waals surface area contributed by atoms with Crippen molar-refractivity contribution in [2.45, 2.75) is 70.8 Å². The Morgan fingerprint density at radius 3 is 2.32 bits per heavy atom. The van der Waals surface area contributed by atoms with E-state index in [1.165, 1.54) is 12.0 Å². The summed E-state index contributed by atoms with van der Waals surface area (Å²) in [7, 11) is 0. The molecule has 1 saturated carbocycles. The first-order chi connectivity index (χ1) is 13.6. The number of piperidine rings is 2. The van der Waals surface area contributed by atoms with Crippen molar-refractivity contribution in [1.82, 2.24) is 9.80 Å². The molecule has 0 radical (unpaired) electrons. The highest BCUT2D eigenvalue weighted by atomic mass is 16.2. The van der Waals surface area contributed by atoms with E-state index in [2.05, 4.69) is 42.2 Å². The molecule has 0 spiro atoms. The van der Waals surface area contributed by atoms with Gasteiger partial charge in [0.15, 0.2) is 0 Å². The first-order valence-electron chi connectivity index (χ1n) is 11.3. The quantitative estimate of drug-likeness (QED) is 0.721. The zero-order chi connectivity index (χ0) is 19.6. The molecule has 1 aliphatic carbocycles. The lowest BCUT2D eigenvalue weighted by Crippen LogP contribution is -2.52. The van der Waals surface area contributed by atoms with E-state index in [1.54, 1.807) is 0 Å². The van der Waals surface area contributed by atoms with E-state index < -0.39 is 5.41 Å². The van der Waals surface area contributed by atoms with Crippen molar-refractivity contribution >= 4 is 11.8 Å². The third kappa shape index (κ3) is 3.83. The summed E-state index contributed by atoms with van der Waals surface area (Å²) in [6.45, 7) is 4.62. The van der Waals surface area contributed by atoms with E-state index in [4.69, 9.17) is 0 Å². The van der Waals surface area contributed by atoms with Crippen LogP contribution in [0.5, 0.6) is 0 Å². The molecule has 1 aromatic carbocycles. The predicted molar refractivity (Wildman–Crippen MR) is 111 cm³/mol. The van der Waals surface area contributed by atoms with Crippen molar-refractivity contribution in [1.29, 1.82) is 0 Å². The highest BCUT2D eigenvalue weighted by Crippen LogP contribution is 2.50. The fourth-order valence-electron chi connectivity index (χ4n) is 5.20. The molecule has 3 aliphatic rings. The maximum Gasteiger partial charge on any atom is 0.238 e. The molecule has 0 bridgehead atoms. The third-order valence-electron chi connectivity index (χ3n) is 7.20. The molecule has 1 aromatic rings. The molecular formula is C24H34N2O2. The smallest absolute Gasteiger partial charge is 0.238 e. The van der Waals surface area contributed by atoms with Gasteiger partial charge in [-0.2, -0.15) is 0 Å². The normalized spacial score (nSPS) is 24.8. The van der Waals surface area contributed by atoms with E-state index in [0.717, 1.165) is 71.0 Å². The van der Waals surface area contributed by atoms with Gasteiger partial charge in [-0.05, 0) is 69.3 Å². The van der Waals surface area contributed by atoms with Crippen LogP contribution in [0, 0.1) is 11.3 Å². The zero-order valence-corrected chi connectivity index (χ0v) is 17.2. The summed E-state index contributed by atoms with van der Waals surface area (Å²) >= 11 is 0. The van der Waals surface area contributed by atoms with Gasteiger partial charge in [-0.25, -0.2) is 0 Å². The third-order valence-corrected chi connectivity index (χ3v) is 7.20. The van der Waals surface area contributed by atoms with Crippen molar-refractivity contribution in [3.63, 3.8) is 0 Å². The van der Waals surface area contributed by atoms with Crippen LogP contribution in [0.3, 0.4) is 0 Å². The molecule has 2 amide bonds. The maximum atomic E-state index is 13.3. The monoisotopic (exact) mass is 382 g/mol. The average Bonchev–Trinajstić information content (AvgIpc) is 3.56. The van der Waals surface area contributed by atoms with Gasteiger partial charge in [0.1, 0.15) is 5.41 Å². The van der Waals surface area contributed by atoms with Gasteiger partial charge in [0.2, 0.25) is 11.8 Å². The average molecular weight is 383 g/mol. The number of carbonyl (C=O) groups is 2. The van der Waals surface area contributed by atoms with Gasteiger partial charge < -0.3 is 9.80 Å². The van der Waals surface area contributed by atoms with Crippen LogP contribution in [0.2, 0.25) is 0 Å². The summed E-state index contributed by atoms with van der Waals surface area (Å²) in [5.41, 5.74) is 0.675. The van der Waals surface area contributed by atoms with Crippen LogP contribution in [0.4, 0.5) is 0 Å². The SMILES string of the molecule is CCC1CCCCN1C(=O)C1(C(=O)N2CCC(Cc3ccccc3)CC2)CC1. The molecule has 1 atom stereocenters. The number of benzene rings is 1. The van der Waals surface area contributed by atoms with Gasteiger partial charge >= 0.3 is 0 Å². The highest BCUT2D eigenvalue weighted by molar-refractivity contribution is 6.08. The van der Waals surface area contributed by atoms with Gasteiger partial charge in [0.05, 0.1) is 0 Å². The maximum absolute atomic E-state index is 13.3. The highest BCUT2D eigenvalue weighted by Gasteiger charge is 2.60. The minimum Gasteiger partial charge on any atom is -0.342 e. The Kier molecular flexibility index (Phi) is 5.75. The lowest BCUT2D eigenvalue weighted by molar-refractivity contribution is -0.152. The van der Waals surface area contributed by atoms with E-state index in [1.807, 2.05) is 4.90 Å². The molecule has 0 N–H and O–H groups in total. The topological polar surface area (TPSA) is 40.6 Å². The zero-order valence-electron chi connectivity index (χ0n) is 17.2. The molecule has 2 aliphatic heterocycles. The van der Waals surface area contributed by atoms with Crippen molar-refractivity contribution < 1.29 is 9.59 Å². The molecule has 2 saturated heterocycles. The van der Waals surface area contributed by atoms with Crippen molar-refractivity contribution in [2.24, 2.45) is 11.3 Å². The van der Waals surface area contributed by atoms with Gasteiger partial charge in [0.25, 0.3) is 0 Å². The Morgan fingerprint density at radius 1 is 0.964 bits per heavy atom. The Hall–Kier alpha value is -1.84. The van der Waals surface area contributed by atoms with Crippen LogP contribution in [0.1, 0.15) is 63.9 Å². The Bertz CT molecular complexity index is 690. The largest absolute Gasteiger partial charge is 0.342 e. The molecule has 1 unspecified atom stereocenters. The summed E-state index contributed by atoms with van der Waals surface area (Å²) in [5.74, 6) is 0.899. The van der Waals surface area contributed by atoms with Crippen LogP contribution in [-0.2, 0) is 16.0 Å². The Morgan fingerprint density at radius 2 is 1.68 bits per heavy atom. The number of nitrogens with zero attached hydrogens (tertiary/aromatic N) is 2. The number of hydrogen-bond acceptors (Lipinski definition) is 2. The van der Waals surface area contributed by atoms with Crippen molar-refractivity contribution in [2.75, 3.05) is 19.6 Å². The molecule has 3 fully saturated rings. The summed E-state index contributed by atoms with van der Waals surface area (Å²) in [5, 5.41) is 0. The molecule has 0 aromatic heterocycles. The van der Waals surface area contributed by atoms with E-state index in [-0.39, 0.29) is 11.8 Å². The first-order valence-corrected chi connectivity index (χ1v) is 11.3. The number of likely N-dealkylation sites (tertiary alicyclic amines) is 2. The van der Waals surface area contributed by atoms with Crippen molar-refractivity contribution in [3.8, 4) is 0 Å². The molecule has 152 valence electrons. The molecule has 28 heavy (non-hydrogen) atoms. The Labute approximate surface area is 169 Å². The predicted octanol–water partition coefficient (Wildman–Crippen LogP) is 4.04. The first kappa shape index (κ1) is 19.5. The fraction of sp³-hybridized carbons (Fsp3) is 0.667.